The number of nitrogens with one attached hydrogen (secondary N) is 1. The van der Waals surface area contributed by atoms with Crippen molar-refractivity contribution in [1.82, 2.24) is 0 Å². The molecule has 1 N–H and O–H groups in total. The average Bonchev–Trinajstić information content (AvgIpc) is 3.16. The molecule has 0 aromatic heterocycles. The number of amides is 1. The first-order chi connectivity index (χ1) is 8.61. The minimum Gasteiger partial charge on any atom is -0.323 e. The maximum absolute atomic E-state index is 13.8. The summed E-state index contributed by atoms with van der Waals surface area (Å²) in [5.74, 6) is 0.0344. The first kappa shape index (κ1) is 13.1. The van der Waals surface area contributed by atoms with Crippen LogP contribution in [0.5, 0.6) is 0 Å². The van der Waals surface area contributed by atoms with Crippen molar-refractivity contribution in [1.29, 1.82) is 0 Å². The van der Waals surface area contributed by atoms with Crippen molar-refractivity contribution >= 4 is 11.6 Å². The van der Waals surface area contributed by atoms with E-state index >= 15 is 0 Å². The summed E-state index contributed by atoms with van der Waals surface area (Å²) >= 11 is 0. The first-order valence-electron chi connectivity index (χ1n) is 6.72. The van der Waals surface area contributed by atoms with Gasteiger partial charge in [0.15, 0.2) is 0 Å². The van der Waals surface area contributed by atoms with Gasteiger partial charge in [-0.1, -0.05) is 26.3 Å². The molecule has 98 valence electrons. The number of hydrogen-bond acceptors (Lipinski definition) is 1. The van der Waals surface area contributed by atoms with Crippen molar-refractivity contribution in [3.63, 3.8) is 0 Å². The van der Waals surface area contributed by atoms with E-state index in [2.05, 4.69) is 5.32 Å². The van der Waals surface area contributed by atoms with Gasteiger partial charge in [-0.25, -0.2) is 4.39 Å². The lowest BCUT2D eigenvalue weighted by atomic mass is 10.1. The molecule has 1 aliphatic carbocycles. The van der Waals surface area contributed by atoms with E-state index in [1.165, 1.54) is 0 Å². The minimum atomic E-state index is -0.323. The molecule has 18 heavy (non-hydrogen) atoms. The lowest BCUT2D eigenvalue weighted by Crippen LogP contribution is -2.20. The molecule has 0 spiro atoms. The molecule has 1 saturated carbocycles. The zero-order valence-electron chi connectivity index (χ0n) is 11.0. The molecule has 2 nitrogen and oxygen atoms in total. The summed E-state index contributed by atoms with van der Waals surface area (Å²) in [6, 6.07) is 5.15. The third kappa shape index (κ3) is 3.09. The van der Waals surface area contributed by atoms with Crippen LogP contribution in [0.1, 0.15) is 51.0 Å². The normalized spacial score (nSPS) is 16.4. The lowest BCUT2D eigenvalue weighted by Gasteiger charge is -2.12. The summed E-state index contributed by atoms with van der Waals surface area (Å²) in [7, 11) is 0. The molecule has 1 aromatic carbocycles. The van der Waals surface area contributed by atoms with Crippen LogP contribution in [0.15, 0.2) is 18.2 Å². The second kappa shape index (κ2) is 5.51. The highest BCUT2D eigenvalue weighted by molar-refractivity contribution is 5.92. The Morgan fingerprint density at radius 2 is 2.22 bits per heavy atom. The monoisotopic (exact) mass is 249 g/mol. The Kier molecular flexibility index (Phi) is 4.00. The van der Waals surface area contributed by atoms with Crippen LogP contribution in [0, 0.1) is 11.7 Å². The molecule has 1 amide bonds. The smallest absolute Gasteiger partial charge is 0.227 e. The molecule has 0 aliphatic heterocycles. The fourth-order valence-electron chi connectivity index (χ4n) is 2.12. The van der Waals surface area contributed by atoms with Crippen molar-refractivity contribution in [3.05, 3.63) is 29.6 Å². The topological polar surface area (TPSA) is 29.1 Å². The van der Waals surface area contributed by atoms with Gasteiger partial charge in [0.05, 0.1) is 5.69 Å². The first-order valence-corrected chi connectivity index (χ1v) is 6.72. The van der Waals surface area contributed by atoms with Gasteiger partial charge >= 0.3 is 0 Å². The fraction of sp³-hybridized carbons (Fsp3) is 0.533. The summed E-state index contributed by atoms with van der Waals surface area (Å²) in [5.41, 5.74) is 1.35. The number of carbonyl (C=O) groups is 1. The van der Waals surface area contributed by atoms with Crippen LogP contribution >= 0.6 is 0 Å². The number of anilines is 1. The molecule has 1 aliphatic rings. The molecule has 0 bridgehead atoms. The molecule has 0 saturated heterocycles. The van der Waals surface area contributed by atoms with Gasteiger partial charge in [0.1, 0.15) is 5.82 Å². The highest BCUT2D eigenvalue weighted by Crippen LogP contribution is 2.40. The number of rotatable bonds is 5. The van der Waals surface area contributed by atoms with Crippen molar-refractivity contribution in [3.8, 4) is 0 Å². The second-order valence-electron chi connectivity index (χ2n) is 5.19. The Labute approximate surface area is 108 Å². The molecule has 2 rings (SSSR count). The van der Waals surface area contributed by atoms with Crippen LogP contribution in [0.4, 0.5) is 10.1 Å². The SMILES string of the molecule is CCCC(C)C(=O)Nc1ccc(C2CC2)cc1F. The largest absolute Gasteiger partial charge is 0.323 e. The van der Waals surface area contributed by atoms with E-state index < -0.39 is 0 Å². The maximum Gasteiger partial charge on any atom is 0.227 e. The molecular weight excluding hydrogens is 229 g/mol. The minimum absolute atomic E-state index is 0.0718. The summed E-state index contributed by atoms with van der Waals surface area (Å²) in [4.78, 5) is 11.8. The quantitative estimate of drug-likeness (QED) is 0.837. The highest BCUT2D eigenvalue weighted by Gasteiger charge is 2.24. The molecule has 1 fully saturated rings. The maximum atomic E-state index is 13.8. The summed E-state index contributed by atoms with van der Waals surface area (Å²) in [6.45, 7) is 3.91. The second-order valence-corrected chi connectivity index (χ2v) is 5.19. The Morgan fingerprint density at radius 3 is 2.78 bits per heavy atom. The van der Waals surface area contributed by atoms with Crippen LogP contribution in [0.25, 0.3) is 0 Å². The van der Waals surface area contributed by atoms with Crippen LogP contribution in [0.3, 0.4) is 0 Å². The van der Waals surface area contributed by atoms with Crippen LogP contribution < -0.4 is 5.32 Å². The van der Waals surface area contributed by atoms with Crippen molar-refractivity contribution in [2.24, 2.45) is 5.92 Å². The van der Waals surface area contributed by atoms with E-state index in [9.17, 15) is 9.18 Å². The predicted molar refractivity (Wildman–Crippen MR) is 71.1 cm³/mol. The summed E-state index contributed by atoms with van der Waals surface area (Å²) < 4.78 is 13.8. The molecule has 1 unspecified atom stereocenters. The highest BCUT2D eigenvalue weighted by atomic mass is 19.1. The van der Waals surface area contributed by atoms with Gasteiger partial charge in [-0.2, -0.15) is 0 Å². The molecule has 1 aromatic rings. The van der Waals surface area contributed by atoms with Gasteiger partial charge in [-0.05, 0) is 42.9 Å². The summed E-state index contributed by atoms with van der Waals surface area (Å²) in [6.07, 6.45) is 4.09. The van der Waals surface area contributed by atoms with Crippen LogP contribution in [-0.2, 0) is 4.79 Å². The molecule has 1 atom stereocenters. The number of benzene rings is 1. The Bertz CT molecular complexity index is 440. The van der Waals surface area contributed by atoms with Crippen LogP contribution in [-0.4, -0.2) is 5.91 Å². The number of carbonyl (C=O) groups excluding carboxylic acids is 1. The third-order valence-electron chi connectivity index (χ3n) is 3.47. The third-order valence-corrected chi connectivity index (χ3v) is 3.47. The molecule has 0 radical (unpaired) electrons. The van der Waals surface area contributed by atoms with E-state index in [0.717, 1.165) is 31.2 Å². The van der Waals surface area contributed by atoms with Crippen LogP contribution in [0.2, 0.25) is 0 Å². The Morgan fingerprint density at radius 1 is 1.50 bits per heavy atom. The molecule has 0 heterocycles. The zero-order valence-corrected chi connectivity index (χ0v) is 11.0. The van der Waals surface area contributed by atoms with Gasteiger partial charge in [0, 0.05) is 5.92 Å². The van der Waals surface area contributed by atoms with Crippen molar-refractivity contribution in [2.75, 3.05) is 5.32 Å². The van der Waals surface area contributed by atoms with Crippen molar-refractivity contribution < 1.29 is 9.18 Å². The van der Waals surface area contributed by atoms with E-state index in [0.29, 0.717) is 11.6 Å². The van der Waals surface area contributed by atoms with E-state index in [-0.39, 0.29) is 17.6 Å². The zero-order chi connectivity index (χ0) is 13.1. The lowest BCUT2D eigenvalue weighted by molar-refractivity contribution is -0.119. The van der Waals surface area contributed by atoms with Gasteiger partial charge in [-0.15, -0.1) is 0 Å². The fourth-order valence-corrected chi connectivity index (χ4v) is 2.12. The van der Waals surface area contributed by atoms with Gasteiger partial charge < -0.3 is 5.32 Å². The Balaban J connectivity index is 2.02. The van der Waals surface area contributed by atoms with Gasteiger partial charge in [0.25, 0.3) is 0 Å². The standard InChI is InChI=1S/C15H20FNO/c1-3-4-10(2)15(18)17-14-8-7-12(9-13(14)16)11-5-6-11/h7-11H,3-6H2,1-2H3,(H,17,18). The van der Waals surface area contributed by atoms with Crippen molar-refractivity contribution in [2.45, 2.75) is 45.4 Å². The predicted octanol–water partition coefficient (Wildman–Crippen LogP) is 4.08. The van der Waals surface area contributed by atoms with Gasteiger partial charge in [-0.3, -0.25) is 4.79 Å². The average molecular weight is 249 g/mol. The Hall–Kier alpha value is -1.38. The molecule has 3 heteroatoms. The van der Waals surface area contributed by atoms with E-state index in [1.807, 2.05) is 19.9 Å². The van der Waals surface area contributed by atoms with E-state index in [4.69, 9.17) is 0 Å². The summed E-state index contributed by atoms with van der Waals surface area (Å²) in [5, 5.41) is 2.67. The number of halogens is 1. The van der Waals surface area contributed by atoms with E-state index in [1.54, 1.807) is 12.1 Å². The molecular formula is C15H20FNO. The van der Waals surface area contributed by atoms with Gasteiger partial charge in [0.2, 0.25) is 5.91 Å². The number of hydrogen-bond donors (Lipinski definition) is 1.